The molecule has 0 aliphatic carbocycles. The zero-order valence-corrected chi connectivity index (χ0v) is 16.2. The van der Waals surface area contributed by atoms with Gasteiger partial charge in [0.15, 0.2) is 5.11 Å². The highest BCUT2D eigenvalue weighted by Crippen LogP contribution is 2.14. The summed E-state index contributed by atoms with van der Waals surface area (Å²) in [6, 6.07) is 13.9. The zero-order valence-electron chi connectivity index (χ0n) is 15.4. The SMILES string of the molecule is CCCOc1ccc(C(=O)NC(=S)Nc2ccc(NC(=O)CC)cc2)cc1. The highest BCUT2D eigenvalue weighted by atomic mass is 32.1. The van der Waals surface area contributed by atoms with Gasteiger partial charge in [-0.25, -0.2) is 0 Å². The monoisotopic (exact) mass is 385 g/mol. The average Bonchev–Trinajstić information content (AvgIpc) is 2.68. The molecule has 0 unspecified atom stereocenters. The van der Waals surface area contributed by atoms with Crippen molar-refractivity contribution < 1.29 is 14.3 Å². The van der Waals surface area contributed by atoms with Crippen LogP contribution >= 0.6 is 12.2 Å². The number of hydrogen-bond donors (Lipinski definition) is 3. The van der Waals surface area contributed by atoms with Crippen LogP contribution in [0.4, 0.5) is 11.4 Å². The molecule has 27 heavy (non-hydrogen) atoms. The van der Waals surface area contributed by atoms with Crippen molar-refractivity contribution in [2.75, 3.05) is 17.2 Å². The Bertz CT molecular complexity index is 789. The summed E-state index contributed by atoms with van der Waals surface area (Å²) >= 11 is 5.18. The molecule has 6 nitrogen and oxygen atoms in total. The van der Waals surface area contributed by atoms with E-state index in [1.807, 2.05) is 6.92 Å². The van der Waals surface area contributed by atoms with Crippen LogP contribution in [-0.2, 0) is 4.79 Å². The summed E-state index contributed by atoms with van der Waals surface area (Å²) in [5.41, 5.74) is 1.89. The topological polar surface area (TPSA) is 79.5 Å². The first-order valence-corrected chi connectivity index (χ1v) is 9.17. The maximum Gasteiger partial charge on any atom is 0.257 e. The maximum absolute atomic E-state index is 12.3. The molecular weight excluding hydrogens is 362 g/mol. The zero-order chi connectivity index (χ0) is 19.6. The van der Waals surface area contributed by atoms with Crippen LogP contribution in [0.25, 0.3) is 0 Å². The van der Waals surface area contributed by atoms with Crippen molar-refractivity contribution in [3.8, 4) is 5.75 Å². The number of benzene rings is 2. The van der Waals surface area contributed by atoms with Crippen molar-refractivity contribution in [1.29, 1.82) is 0 Å². The lowest BCUT2D eigenvalue weighted by Gasteiger charge is -2.11. The lowest BCUT2D eigenvalue weighted by molar-refractivity contribution is -0.115. The molecule has 0 saturated heterocycles. The van der Waals surface area contributed by atoms with Crippen LogP contribution in [0.15, 0.2) is 48.5 Å². The van der Waals surface area contributed by atoms with E-state index in [2.05, 4.69) is 16.0 Å². The first kappa shape index (κ1) is 20.4. The third-order valence-corrected chi connectivity index (χ3v) is 3.77. The molecule has 0 bridgehead atoms. The van der Waals surface area contributed by atoms with E-state index in [1.54, 1.807) is 55.5 Å². The maximum atomic E-state index is 12.3. The highest BCUT2D eigenvalue weighted by Gasteiger charge is 2.08. The van der Waals surface area contributed by atoms with Gasteiger partial charge in [-0.2, -0.15) is 0 Å². The number of carbonyl (C=O) groups excluding carboxylic acids is 2. The van der Waals surface area contributed by atoms with Gasteiger partial charge in [0, 0.05) is 23.4 Å². The molecule has 0 radical (unpaired) electrons. The van der Waals surface area contributed by atoms with Crippen LogP contribution in [0.3, 0.4) is 0 Å². The summed E-state index contributed by atoms with van der Waals surface area (Å²) in [6.07, 6.45) is 1.34. The number of carbonyl (C=O) groups is 2. The number of nitrogens with one attached hydrogen (secondary N) is 3. The predicted octanol–water partition coefficient (Wildman–Crippen LogP) is 3.95. The molecule has 2 amide bonds. The molecule has 142 valence electrons. The van der Waals surface area contributed by atoms with Gasteiger partial charge in [-0.3, -0.25) is 14.9 Å². The molecule has 2 aromatic carbocycles. The standard InChI is InChI=1S/C20H23N3O3S/c1-3-13-26-17-11-5-14(6-12-17)19(25)23-20(27)22-16-9-7-15(8-10-16)21-18(24)4-2/h5-12H,3-4,13H2,1-2H3,(H,21,24)(H2,22,23,25,27). The summed E-state index contributed by atoms with van der Waals surface area (Å²) in [5.74, 6) is 0.371. The first-order chi connectivity index (χ1) is 13.0. The van der Waals surface area contributed by atoms with E-state index in [9.17, 15) is 9.59 Å². The molecular formula is C20H23N3O3S. The Morgan fingerprint density at radius 3 is 2.07 bits per heavy atom. The summed E-state index contributed by atoms with van der Waals surface area (Å²) in [5, 5.41) is 8.53. The number of hydrogen-bond acceptors (Lipinski definition) is 4. The van der Waals surface area contributed by atoms with Gasteiger partial charge < -0.3 is 15.4 Å². The van der Waals surface area contributed by atoms with Crippen LogP contribution in [0.2, 0.25) is 0 Å². The van der Waals surface area contributed by atoms with E-state index in [0.29, 0.717) is 30.0 Å². The largest absolute Gasteiger partial charge is 0.494 e. The number of anilines is 2. The van der Waals surface area contributed by atoms with Crippen LogP contribution in [0.5, 0.6) is 5.75 Å². The Balaban J connectivity index is 1.87. The molecule has 7 heteroatoms. The van der Waals surface area contributed by atoms with Crippen molar-refractivity contribution in [3.63, 3.8) is 0 Å². The van der Waals surface area contributed by atoms with Crippen molar-refractivity contribution >= 4 is 40.5 Å². The first-order valence-electron chi connectivity index (χ1n) is 8.77. The van der Waals surface area contributed by atoms with Gasteiger partial charge in [0.2, 0.25) is 5.91 Å². The molecule has 0 aliphatic heterocycles. The number of rotatable bonds is 7. The second-order valence-corrected chi connectivity index (χ2v) is 6.17. The molecule has 0 atom stereocenters. The minimum absolute atomic E-state index is 0.0513. The fraction of sp³-hybridized carbons (Fsp3) is 0.250. The Labute approximate surface area is 164 Å². The molecule has 0 fully saturated rings. The highest BCUT2D eigenvalue weighted by molar-refractivity contribution is 7.80. The smallest absolute Gasteiger partial charge is 0.257 e. The fourth-order valence-electron chi connectivity index (χ4n) is 2.15. The van der Waals surface area contributed by atoms with Crippen LogP contribution < -0.4 is 20.7 Å². The van der Waals surface area contributed by atoms with Gasteiger partial charge in [-0.05, 0) is 67.2 Å². The summed E-state index contributed by atoms with van der Waals surface area (Å²) in [6.45, 7) is 4.46. The normalized spacial score (nSPS) is 10.0. The van der Waals surface area contributed by atoms with Gasteiger partial charge in [-0.1, -0.05) is 13.8 Å². The number of ether oxygens (including phenoxy) is 1. The quantitative estimate of drug-likeness (QED) is 0.629. The minimum atomic E-state index is -0.304. The lowest BCUT2D eigenvalue weighted by Crippen LogP contribution is -2.34. The van der Waals surface area contributed by atoms with Gasteiger partial charge in [0.05, 0.1) is 6.61 Å². The lowest BCUT2D eigenvalue weighted by atomic mass is 10.2. The molecule has 0 spiro atoms. The minimum Gasteiger partial charge on any atom is -0.494 e. The Morgan fingerprint density at radius 1 is 0.926 bits per heavy atom. The van der Waals surface area contributed by atoms with Crippen molar-refractivity contribution in [3.05, 3.63) is 54.1 Å². The number of thiocarbonyl (C=S) groups is 1. The molecule has 2 aromatic rings. The van der Waals surface area contributed by atoms with Gasteiger partial charge >= 0.3 is 0 Å². The summed E-state index contributed by atoms with van der Waals surface area (Å²) < 4.78 is 5.49. The third kappa shape index (κ3) is 6.71. The second kappa shape index (κ2) is 10.3. The number of amides is 2. The van der Waals surface area contributed by atoms with Gasteiger partial charge in [0.25, 0.3) is 5.91 Å². The Kier molecular flexibility index (Phi) is 7.76. The van der Waals surface area contributed by atoms with Crippen molar-refractivity contribution in [2.24, 2.45) is 0 Å². The molecule has 0 aliphatic rings. The van der Waals surface area contributed by atoms with Crippen molar-refractivity contribution in [2.45, 2.75) is 26.7 Å². The third-order valence-electron chi connectivity index (χ3n) is 3.56. The second-order valence-electron chi connectivity index (χ2n) is 5.76. The van der Waals surface area contributed by atoms with E-state index in [4.69, 9.17) is 17.0 Å². The molecule has 0 saturated carbocycles. The molecule has 0 heterocycles. The molecule has 0 aromatic heterocycles. The summed E-state index contributed by atoms with van der Waals surface area (Å²) in [7, 11) is 0. The van der Waals surface area contributed by atoms with Crippen LogP contribution in [0.1, 0.15) is 37.0 Å². The molecule has 2 rings (SSSR count). The Hall–Kier alpha value is -2.93. The van der Waals surface area contributed by atoms with Crippen molar-refractivity contribution in [1.82, 2.24) is 5.32 Å². The van der Waals surface area contributed by atoms with Gasteiger partial charge in [0.1, 0.15) is 5.75 Å². The van der Waals surface area contributed by atoms with Gasteiger partial charge in [-0.15, -0.1) is 0 Å². The molecule has 3 N–H and O–H groups in total. The van der Waals surface area contributed by atoms with E-state index < -0.39 is 0 Å². The predicted molar refractivity (Wildman–Crippen MR) is 111 cm³/mol. The van der Waals surface area contributed by atoms with Crippen LogP contribution in [0, 0.1) is 0 Å². The van der Waals surface area contributed by atoms with Crippen LogP contribution in [-0.4, -0.2) is 23.5 Å². The van der Waals surface area contributed by atoms with E-state index in [1.165, 1.54) is 0 Å². The fourth-order valence-corrected chi connectivity index (χ4v) is 2.36. The Morgan fingerprint density at radius 2 is 1.52 bits per heavy atom. The van der Waals surface area contributed by atoms with E-state index >= 15 is 0 Å². The average molecular weight is 385 g/mol. The van der Waals surface area contributed by atoms with E-state index in [0.717, 1.165) is 12.2 Å². The van der Waals surface area contributed by atoms with E-state index in [-0.39, 0.29) is 16.9 Å². The summed E-state index contributed by atoms with van der Waals surface area (Å²) in [4.78, 5) is 23.6.